The van der Waals surface area contributed by atoms with Gasteiger partial charge in [0.15, 0.2) is 0 Å². The summed E-state index contributed by atoms with van der Waals surface area (Å²) in [6.45, 7) is 22.0. The van der Waals surface area contributed by atoms with Crippen LogP contribution in [0.3, 0.4) is 0 Å². The van der Waals surface area contributed by atoms with Gasteiger partial charge >= 0.3 is 5.66 Å². The van der Waals surface area contributed by atoms with Crippen molar-refractivity contribution >= 4 is 33.6 Å². The number of fused-ring (bicyclic) bond motifs is 3. The normalized spacial score (nSPS) is 15.4. The van der Waals surface area contributed by atoms with E-state index in [1.165, 1.54) is 67.0 Å². The second-order valence-electron chi connectivity index (χ2n) is 12.7. The summed E-state index contributed by atoms with van der Waals surface area (Å²) in [5.74, 6) is 0.764. The maximum atomic E-state index is 4.00. The molecule has 1 aliphatic carbocycles. The largest absolute Gasteiger partial charge is 0.357 e. The summed E-state index contributed by atoms with van der Waals surface area (Å²) >= 11 is 0. The summed E-state index contributed by atoms with van der Waals surface area (Å²) < 4.78 is 5.26. The summed E-state index contributed by atoms with van der Waals surface area (Å²) in [6.07, 6.45) is 5.75. The van der Waals surface area contributed by atoms with E-state index in [1.54, 1.807) is 0 Å². The molecule has 4 aromatic carbocycles. The number of benzene rings is 4. The van der Waals surface area contributed by atoms with Gasteiger partial charge in [-0.2, -0.15) is 0 Å². The van der Waals surface area contributed by atoms with E-state index in [9.17, 15) is 0 Å². The first-order valence-electron chi connectivity index (χ1n) is 15.0. The molecule has 0 saturated heterocycles. The highest BCUT2D eigenvalue weighted by molar-refractivity contribution is 6.58. The summed E-state index contributed by atoms with van der Waals surface area (Å²) in [4.78, 5) is 0. The van der Waals surface area contributed by atoms with Crippen LogP contribution in [0, 0.1) is 0 Å². The zero-order chi connectivity index (χ0) is 29.1. The summed E-state index contributed by atoms with van der Waals surface area (Å²) in [7, 11) is 0. The maximum absolute atomic E-state index is 4.00. The molecule has 0 spiro atoms. The van der Waals surface area contributed by atoms with E-state index in [1.807, 2.05) is 12.2 Å². The second-order valence-corrected chi connectivity index (χ2v) is 12.7. The smallest absolute Gasteiger partial charge is 0.121 e. The van der Waals surface area contributed by atoms with Crippen molar-refractivity contribution in [1.29, 1.82) is 0 Å². The SMILES string of the molecule is C=CCc1ccc([N+]2=C3C(=[N+](c4ccc(CC=C)cc4C(C)C)C2(C)C)c2cccc4cccc3c24)c(C(C)C)c1. The summed E-state index contributed by atoms with van der Waals surface area (Å²) in [5.41, 5.74) is 12.9. The van der Waals surface area contributed by atoms with Crippen LogP contribution in [-0.4, -0.2) is 26.2 Å². The molecule has 2 heteroatoms. The fourth-order valence-corrected chi connectivity index (χ4v) is 7.05. The Hall–Kier alpha value is -4.04. The number of hydrogen-bond acceptors (Lipinski definition) is 0. The lowest BCUT2D eigenvalue weighted by Crippen LogP contribution is -2.41. The molecule has 2 aliphatic rings. The van der Waals surface area contributed by atoms with Crippen molar-refractivity contribution in [3.63, 3.8) is 0 Å². The standard InChI is InChI=1S/C39H42N2/c1-9-13-27-19-21-34(32(23-27)25(3)4)40-37-30-17-11-15-29-16-12-18-31(36(29)30)38(37)41(39(40,7)8)35-22-20-28(14-10-2)24-33(35)26(5)6/h9-12,15-26H,1-2,13-14H2,3-8H3/q+2. The molecule has 0 unspecified atom stereocenters. The van der Waals surface area contributed by atoms with Crippen LogP contribution in [0.5, 0.6) is 0 Å². The third-order valence-electron chi connectivity index (χ3n) is 8.85. The van der Waals surface area contributed by atoms with Gasteiger partial charge in [0.25, 0.3) is 11.4 Å². The summed E-state index contributed by atoms with van der Waals surface area (Å²) in [6, 6.07) is 27.6. The molecule has 0 aromatic heterocycles. The molecule has 0 radical (unpaired) electrons. The molecule has 0 amide bonds. The highest BCUT2D eigenvalue weighted by atomic mass is 15.3. The van der Waals surface area contributed by atoms with Crippen LogP contribution in [0.15, 0.2) is 98.1 Å². The Bertz CT molecular complexity index is 1670. The molecule has 206 valence electrons. The van der Waals surface area contributed by atoms with Crippen molar-refractivity contribution < 1.29 is 9.15 Å². The first-order chi connectivity index (χ1) is 19.7. The Balaban J connectivity index is 1.72. The average Bonchev–Trinajstić information content (AvgIpc) is 3.38. The monoisotopic (exact) mass is 538 g/mol. The van der Waals surface area contributed by atoms with Gasteiger partial charge in [-0.3, -0.25) is 0 Å². The van der Waals surface area contributed by atoms with Crippen LogP contribution < -0.4 is 0 Å². The Morgan fingerprint density at radius 3 is 1.49 bits per heavy atom. The van der Waals surface area contributed by atoms with Gasteiger partial charge in [0, 0.05) is 28.6 Å². The minimum Gasteiger partial charge on any atom is -0.121 e. The van der Waals surface area contributed by atoms with E-state index in [0.717, 1.165) is 12.8 Å². The van der Waals surface area contributed by atoms with Gasteiger partial charge in [-0.05, 0) is 65.5 Å². The molecule has 6 rings (SSSR count). The van der Waals surface area contributed by atoms with Crippen molar-refractivity contribution in [2.75, 3.05) is 0 Å². The Morgan fingerprint density at radius 1 is 0.659 bits per heavy atom. The zero-order valence-corrected chi connectivity index (χ0v) is 25.5. The topological polar surface area (TPSA) is 6.02 Å². The van der Waals surface area contributed by atoms with E-state index in [0.29, 0.717) is 11.8 Å². The molecule has 0 N–H and O–H groups in total. The van der Waals surface area contributed by atoms with Gasteiger partial charge in [-0.1, -0.05) is 76.2 Å². The average molecular weight is 539 g/mol. The molecule has 41 heavy (non-hydrogen) atoms. The lowest BCUT2D eigenvalue weighted by atomic mass is 9.94. The maximum Gasteiger partial charge on any atom is 0.357 e. The van der Waals surface area contributed by atoms with Gasteiger partial charge in [-0.15, -0.1) is 22.3 Å². The highest BCUT2D eigenvalue weighted by Gasteiger charge is 2.60. The molecule has 0 bridgehead atoms. The van der Waals surface area contributed by atoms with Crippen LogP contribution in [-0.2, 0) is 12.8 Å². The van der Waals surface area contributed by atoms with Crippen LogP contribution in [0.2, 0.25) is 0 Å². The Morgan fingerprint density at radius 2 is 1.10 bits per heavy atom. The van der Waals surface area contributed by atoms with Gasteiger partial charge in [0.1, 0.15) is 0 Å². The zero-order valence-electron chi connectivity index (χ0n) is 25.5. The van der Waals surface area contributed by atoms with Gasteiger partial charge < -0.3 is 0 Å². The van der Waals surface area contributed by atoms with E-state index in [4.69, 9.17) is 0 Å². The molecule has 4 aromatic rings. The Labute approximate surface area is 245 Å². The van der Waals surface area contributed by atoms with Crippen molar-refractivity contribution in [2.45, 2.75) is 71.9 Å². The minimum absolute atomic E-state index is 0.354. The van der Waals surface area contributed by atoms with Crippen LogP contribution in [0.1, 0.15) is 86.8 Å². The molecule has 1 aliphatic heterocycles. The van der Waals surface area contributed by atoms with Crippen LogP contribution >= 0.6 is 0 Å². The van der Waals surface area contributed by atoms with E-state index in [-0.39, 0.29) is 5.66 Å². The predicted molar refractivity (Wildman–Crippen MR) is 175 cm³/mol. The molecule has 0 fully saturated rings. The molecule has 1 heterocycles. The Kier molecular flexibility index (Phi) is 6.69. The number of rotatable bonds is 8. The first kappa shape index (κ1) is 27.1. The third kappa shape index (κ3) is 4.15. The molecule has 0 atom stereocenters. The predicted octanol–water partition coefficient (Wildman–Crippen LogP) is 9.57. The quantitative estimate of drug-likeness (QED) is 0.156. The minimum atomic E-state index is -0.354. The van der Waals surface area contributed by atoms with Crippen LogP contribution in [0.25, 0.3) is 10.8 Å². The van der Waals surface area contributed by atoms with Crippen molar-refractivity contribution in [2.24, 2.45) is 0 Å². The van der Waals surface area contributed by atoms with Crippen LogP contribution in [0.4, 0.5) is 11.4 Å². The number of hydrogen-bond donors (Lipinski definition) is 0. The molecular formula is C39H42N2+2. The van der Waals surface area contributed by atoms with E-state index < -0.39 is 0 Å². The van der Waals surface area contributed by atoms with Gasteiger partial charge in [0.05, 0.1) is 25.0 Å². The van der Waals surface area contributed by atoms with E-state index >= 15 is 0 Å². The lowest BCUT2D eigenvalue weighted by molar-refractivity contribution is -0.740. The second kappa shape index (κ2) is 10.1. The molecule has 2 nitrogen and oxygen atoms in total. The van der Waals surface area contributed by atoms with E-state index in [2.05, 4.69) is 137 Å². The van der Waals surface area contributed by atoms with Crippen molar-refractivity contribution in [3.8, 4) is 0 Å². The van der Waals surface area contributed by atoms with Crippen molar-refractivity contribution in [1.82, 2.24) is 0 Å². The molecular weight excluding hydrogens is 496 g/mol. The van der Waals surface area contributed by atoms with Gasteiger partial charge in [-0.25, -0.2) is 0 Å². The summed E-state index contributed by atoms with van der Waals surface area (Å²) in [5, 5.41) is 2.65. The number of allylic oxidation sites excluding steroid dienone is 2. The van der Waals surface area contributed by atoms with Gasteiger partial charge in [0.2, 0.25) is 11.4 Å². The van der Waals surface area contributed by atoms with Crippen molar-refractivity contribution in [3.05, 3.63) is 131 Å². The molecule has 0 saturated carbocycles. The lowest BCUT2D eigenvalue weighted by Gasteiger charge is -2.22. The number of nitrogens with zero attached hydrogens (tertiary/aromatic N) is 2. The highest BCUT2D eigenvalue weighted by Crippen LogP contribution is 2.45. The third-order valence-corrected chi connectivity index (χ3v) is 8.85. The fraction of sp³-hybridized carbons (Fsp3) is 0.282. The first-order valence-corrected chi connectivity index (χ1v) is 15.0. The fourth-order valence-electron chi connectivity index (χ4n) is 7.05.